The van der Waals surface area contributed by atoms with Crippen LogP contribution in [-0.4, -0.2) is 23.0 Å². The quantitative estimate of drug-likeness (QED) is 0.783. The lowest BCUT2D eigenvalue weighted by molar-refractivity contribution is -0.155. The van der Waals surface area contributed by atoms with E-state index in [1.54, 1.807) is 12.1 Å². The lowest BCUT2D eigenvalue weighted by Gasteiger charge is -2.50. The van der Waals surface area contributed by atoms with Crippen LogP contribution in [0.1, 0.15) is 62.1 Å². The number of ketones is 1. The number of phenols is 1. The summed E-state index contributed by atoms with van der Waals surface area (Å²) in [6.07, 6.45) is 3.34. The van der Waals surface area contributed by atoms with Gasteiger partial charge in [0.05, 0.1) is 5.56 Å². The highest BCUT2D eigenvalue weighted by Gasteiger charge is 2.57. The number of nitrogens with zero attached hydrogens (tertiary/aromatic N) is 1. The predicted octanol–water partition coefficient (Wildman–Crippen LogP) is 3.23. The van der Waals surface area contributed by atoms with Crippen molar-refractivity contribution < 1.29 is 19.4 Å². The third-order valence-corrected chi connectivity index (χ3v) is 6.99. The van der Waals surface area contributed by atoms with Crippen molar-refractivity contribution >= 4 is 11.8 Å². The zero-order valence-electron chi connectivity index (χ0n) is 15.1. The third-order valence-electron chi connectivity index (χ3n) is 6.99. The first kappa shape index (κ1) is 17.1. The number of rotatable bonds is 1. The molecule has 136 valence electrons. The standard InChI is InChI=1S/C21H23NO4/c1-11(23)26-18-9-12-8-17(24)13(10-22)7-15(12)14-5-6-21(2)16(20(14)18)3-4-19(21)25/h7-8,14,16,18,20,24H,3-6,9H2,1-2H3/t14?,16?,18-,20?,21-/m0/s1. The van der Waals surface area contributed by atoms with Crippen molar-refractivity contribution in [3.05, 3.63) is 28.8 Å². The molecule has 5 nitrogen and oxygen atoms in total. The average molecular weight is 353 g/mol. The Morgan fingerprint density at radius 2 is 2.15 bits per heavy atom. The Kier molecular flexibility index (Phi) is 3.83. The molecule has 5 atom stereocenters. The first-order valence-corrected chi connectivity index (χ1v) is 9.31. The zero-order valence-corrected chi connectivity index (χ0v) is 15.1. The molecule has 1 aromatic rings. The Bertz CT molecular complexity index is 839. The van der Waals surface area contributed by atoms with Crippen molar-refractivity contribution in [2.45, 2.75) is 58.0 Å². The van der Waals surface area contributed by atoms with Gasteiger partial charge in [-0.15, -0.1) is 0 Å². The summed E-state index contributed by atoms with van der Waals surface area (Å²) in [5, 5.41) is 19.4. The second-order valence-corrected chi connectivity index (χ2v) is 8.24. The molecule has 3 aliphatic rings. The van der Waals surface area contributed by atoms with Crippen LogP contribution in [0.25, 0.3) is 0 Å². The van der Waals surface area contributed by atoms with Gasteiger partial charge >= 0.3 is 5.97 Å². The van der Waals surface area contributed by atoms with E-state index in [1.165, 1.54) is 6.92 Å². The number of hydrogen-bond donors (Lipinski definition) is 1. The highest BCUT2D eigenvalue weighted by atomic mass is 16.5. The molecule has 1 aromatic carbocycles. The minimum absolute atomic E-state index is 0.0250. The monoisotopic (exact) mass is 353 g/mol. The number of fused-ring (bicyclic) bond motifs is 5. The van der Waals surface area contributed by atoms with Crippen molar-refractivity contribution in [1.82, 2.24) is 0 Å². The molecule has 0 aromatic heterocycles. The summed E-state index contributed by atoms with van der Waals surface area (Å²) in [7, 11) is 0. The van der Waals surface area contributed by atoms with Gasteiger partial charge in [-0.3, -0.25) is 9.59 Å². The van der Waals surface area contributed by atoms with Crippen LogP contribution in [0.4, 0.5) is 0 Å². The molecule has 26 heavy (non-hydrogen) atoms. The summed E-state index contributed by atoms with van der Waals surface area (Å²) in [6, 6.07) is 5.50. The Morgan fingerprint density at radius 3 is 2.85 bits per heavy atom. The lowest BCUT2D eigenvalue weighted by Crippen LogP contribution is -2.49. The van der Waals surface area contributed by atoms with Crippen molar-refractivity contribution in [3.8, 4) is 11.8 Å². The maximum atomic E-state index is 12.5. The van der Waals surface area contributed by atoms with E-state index in [0.29, 0.717) is 18.6 Å². The van der Waals surface area contributed by atoms with Crippen molar-refractivity contribution in [2.75, 3.05) is 0 Å². The minimum atomic E-state index is -0.327. The number of hydrogen-bond acceptors (Lipinski definition) is 5. The smallest absolute Gasteiger partial charge is 0.302 e. The van der Waals surface area contributed by atoms with Crippen LogP contribution in [-0.2, 0) is 20.7 Å². The normalized spacial score (nSPS) is 35.0. The molecule has 5 heteroatoms. The highest BCUT2D eigenvalue weighted by Crippen LogP contribution is 2.60. The highest BCUT2D eigenvalue weighted by molar-refractivity contribution is 5.87. The molecule has 0 aliphatic heterocycles. The second kappa shape index (κ2) is 5.84. The van der Waals surface area contributed by atoms with Gasteiger partial charge in [0, 0.05) is 31.1 Å². The van der Waals surface area contributed by atoms with Crippen LogP contribution in [0, 0.1) is 28.6 Å². The fourth-order valence-electron chi connectivity index (χ4n) is 5.79. The molecule has 0 saturated heterocycles. The fourth-order valence-corrected chi connectivity index (χ4v) is 5.79. The van der Waals surface area contributed by atoms with Crippen molar-refractivity contribution in [3.63, 3.8) is 0 Å². The molecular weight excluding hydrogens is 330 g/mol. The fraction of sp³-hybridized carbons (Fsp3) is 0.571. The van der Waals surface area contributed by atoms with Crippen LogP contribution >= 0.6 is 0 Å². The molecule has 0 amide bonds. The number of ether oxygens (including phenoxy) is 1. The summed E-state index contributed by atoms with van der Waals surface area (Å²) >= 11 is 0. The summed E-state index contributed by atoms with van der Waals surface area (Å²) in [4.78, 5) is 24.3. The number of Topliss-reactive ketones (excluding diaryl/α,β-unsaturated/α-hetero) is 1. The van der Waals surface area contributed by atoms with Gasteiger partial charge in [0.2, 0.25) is 0 Å². The van der Waals surface area contributed by atoms with Gasteiger partial charge < -0.3 is 9.84 Å². The van der Waals surface area contributed by atoms with E-state index in [-0.39, 0.29) is 46.6 Å². The predicted molar refractivity (Wildman–Crippen MR) is 93.4 cm³/mol. The van der Waals surface area contributed by atoms with Gasteiger partial charge in [-0.1, -0.05) is 6.92 Å². The summed E-state index contributed by atoms with van der Waals surface area (Å²) in [6.45, 7) is 3.49. The summed E-state index contributed by atoms with van der Waals surface area (Å²) < 4.78 is 5.71. The number of esters is 1. The first-order chi connectivity index (χ1) is 12.3. The Balaban J connectivity index is 1.82. The van der Waals surface area contributed by atoms with Crippen molar-refractivity contribution in [1.29, 1.82) is 5.26 Å². The number of phenolic OH excluding ortho intramolecular Hbond substituents is 1. The largest absolute Gasteiger partial charge is 0.507 e. The molecule has 0 heterocycles. The zero-order chi connectivity index (χ0) is 18.6. The third kappa shape index (κ3) is 2.35. The van der Waals surface area contributed by atoms with E-state index in [4.69, 9.17) is 4.74 Å². The SMILES string of the molecule is CC(=O)O[C@H]1Cc2cc(O)c(C#N)cc2C2CC[C@]3(C)C(=O)CCC3C21. The van der Waals surface area contributed by atoms with Crippen LogP contribution in [0.3, 0.4) is 0 Å². The van der Waals surface area contributed by atoms with Crippen LogP contribution in [0.2, 0.25) is 0 Å². The molecule has 0 radical (unpaired) electrons. The van der Waals surface area contributed by atoms with E-state index in [1.807, 2.05) is 0 Å². The molecule has 3 aliphatic carbocycles. The molecular formula is C21H23NO4. The van der Waals surface area contributed by atoms with Gasteiger partial charge in [0.25, 0.3) is 0 Å². The molecule has 0 bridgehead atoms. The van der Waals surface area contributed by atoms with E-state index in [9.17, 15) is 20.0 Å². The molecule has 2 saturated carbocycles. The van der Waals surface area contributed by atoms with Gasteiger partial charge in [-0.2, -0.15) is 5.26 Å². The Hall–Kier alpha value is -2.35. The molecule has 0 spiro atoms. The van der Waals surface area contributed by atoms with Crippen molar-refractivity contribution in [2.24, 2.45) is 17.3 Å². The van der Waals surface area contributed by atoms with E-state index in [0.717, 1.165) is 30.4 Å². The summed E-state index contributed by atoms with van der Waals surface area (Å²) in [5.41, 5.74) is 1.98. The van der Waals surface area contributed by atoms with Crippen LogP contribution in [0.15, 0.2) is 12.1 Å². The number of benzene rings is 1. The lowest BCUT2D eigenvalue weighted by atomic mass is 9.54. The maximum absolute atomic E-state index is 12.5. The number of carbonyl (C=O) groups is 2. The maximum Gasteiger partial charge on any atom is 0.302 e. The number of nitriles is 1. The first-order valence-electron chi connectivity index (χ1n) is 9.31. The Morgan fingerprint density at radius 1 is 1.38 bits per heavy atom. The van der Waals surface area contributed by atoms with E-state index < -0.39 is 0 Å². The second-order valence-electron chi connectivity index (χ2n) is 8.24. The molecule has 3 unspecified atom stereocenters. The van der Waals surface area contributed by atoms with Gasteiger partial charge in [0.1, 0.15) is 23.7 Å². The topological polar surface area (TPSA) is 87.4 Å². The molecule has 4 rings (SSSR count). The summed E-state index contributed by atoms with van der Waals surface area (Å²) in [5.74, 6) is 0.435. The van der Waals surface area contributed by atoms with Gasteiger partial charge in [-0.05, 0) is 54.4 Å². The average Bonchev–Trinajstić information content (AvgIpc) is 2.89. The molecule has 2 fully saturated rings. The minimum Gasteiger partial charge on any atom is -0.507 e. The number of carbonyl (C=O) groups excluding carboxylic acids is 2. The van der Waals surface area contributed by atoms with Crippen LogP contribution < -0.4 is 0 Å². The Labute approximate surface area is 153 Å². The van der Waals surface area contributed by atoms with E-state index in [2.05, 4.69) is 13.0 Å². The van der Waals surface area contributed by atoms with Crippen LogP contribution in [0.5, 0.6) is 5.75 Å². The molecule has 1 N–H and O–H groups in total. The van der Waals surface area contributed by atoms with Gasteiger partial charge in [-0.25, -0.2) is 0 Å². The number of aromatic hydroxyl groups is 1. The van der Waals surface area contributed by atoms with Gasteiger partial charge in [0.15, 0.2) is 0 Å². The van der Waals surface area contributed by atoms with E-state index >= 15 is 0 Å².